The Morgan fingerprint density at radius 2 is 2.03 bits per heavy atom. The van der Waals surface area contributed by atoms with Crippen molar-refractivity contribution >= 4 is 40.7 Å². The second-order valence-electron chi connectivity index (χ2n) is 8.53. The first kappa shape index (κ1) is 20.9. The second kappa shape index (κ2) is 8.51. The fourth-order valence-corrected chi connectivity index (χ4v) is 4.24. The Bertz CT molecular complexity index is 1130. The molecule has 1 atom stereocenters. The molecule has 0 bridgehead atoms. The van der Waals surface area contributed by atoms with Crippen molar-refractivity contribution in [3.63, 3.8) is 0 Å². The molecule has 1 aliphatic carbocycles. The highest BCUT2D eigenvalue weighted by atomic mass is 35.5. The van der Waals surface area contributed by atoms with Crippen LogP contribution in [0.15, 0.2) is 18.5 Å². The Balaban J connectivity index is 1.46. The molecule has 11 heteroatoms. The average Bonchev–Trinajstić information content (AvgIpc) is 3.52. The fourth-order valence-electron chi connectivity index (χ4n) is 3.99. The number of piperazine rings is 1. The highest BCUT2D eigenvalue weighted by Gasteiger charge is 2.27. The number of nitrogens with zero attached hydrogens (tertiary/aromatic N) is 7. The molecule has 0 amide bonds. The summed E-state index contributed by atoms with van der Waals surface area (Å²) in [5.41, 5.74) is 2.88. The summed E-state index contributed by atoms with van der Waals surface area (Å²) in [5, 5.41) is 18.9. The van der Waals surface area contributed by atoms with Crippen LogP contribution in [0.2, 0.25) is 5.02 Å². The van der Waals surface area contributed by atoms with Gasteiger partial charge in [-0.05, 0) is 44.2 Å². The molecule has 0 spiro atoms. The van der Waals surface area contributed by atoms with Crippen LogP contribution in [0.3, 0.4) is 0 Å². The number of hydrogen-bond acceptors (Lipinski definition) is 9. The minimum Gasteiger partial charge on any atom is -0.364 e. The van der Waals surface area contributed by atoms with Gasteiger partial charge in [-0.1, -0.05) is 16.8 Å². The first-order valence-electron chi connectivity index (χ1n) is 10.9. The third-order valence-electron chi connectivity index (χ3n) is 5.74. The third kappa shape index (κ3) is 4.46. The maximum atomic E-state index is 6.48. The summed E-state index contributed by atoms with van der Waals surface area (Å²) < 4.78 is 1.65. The van der Waals surface area contributed by atoms with E-state index < -0.39 is 0 Å². The van der Waals surface area contributed by atoms with E-state index in [2.05, 4.69) is 48.1 Å². The molecule has 1 aliphatic heterocycles. The fraction of sp³-hybridized carbons (Fsp3) is 0.476. The smallest absolute Gasteiger partial charge is 0.230 e. The van der Waals surface area contributed by atoms with E-state index >= 15 is 0 Å². The Hall–Kier alpha value is -2.98. The molecule has 1 unspecified atom stereocenters. The number of aryl methyl sites for hydroxylation is 2. The molecule has 3 aromatic heterocycles. The second-order valence-corrected chi connectivity index (χ2v) is 8.90. The Morgan fingerprint density at radius 3 is 2.75 bits per heavy atom. The molecule has 168 valence electrons. The van der Waals surface area contributed by atoms with Crippen molar-refractivity contribution < 1.29 is 0 Å². The maximum absolute atomic E-state index is 6.48. The summed E-state index contributed by atoms with van der Waals surface area (Å²) in [5.74, 6) is 2.97. The summed E-state index contributed by atoms with van der Waals surface area (Å²) in [7, 11) is 1.83. The van der Waals surface area contributed by atoms with Gasteiger partial charge in [-0.2, -0.15) is 4.98 Å². The lowest BCUT2D eigenvalue weighted by Crippen LogP contribution is -2.49. The Morgan fingerprint density at radius 1 is 1.19 bits per heavy atom. The van der Waals surface area contributed by atoms with Gasteiger partial charge in [0.2, 0.25) is 5.95 Å². The zero-order valence-corrected chi connectivity index (χ0v) is 19.2. The quantitative estimate of drug-likeness (QED) is 0.517. The number of anilines is 5. The van der Waals surface area contributed by atoms with Gasteiger partial charge in [-0.3, -0.25) is 4.68 Å². The minimum absolute atomic E-state index is 0.382. The number of hydrogen-bond donors (Lipinski definition) is 3. The lowest BCUT2D eigenvalue weighted by Gasteiger charge is -2.34. The molecule has 1 saturated carbocycles. The topological polar surface area (TPSA) is 109 Å². The van der Waals surface area contributed by atoms with Gasteiger partial charge in [0.05, 0.1) is 28.8 Å². The molecule has 3 N–H and O–H groups in total. The molecule has 1 saturated heterocycles. The van der Waals surface area contributed by atoms with Gasteiger partial charge in [0, 0.05) is 32.7 Å². The van der Waals surface area contributed by atoms with Gasteiger partial charge in [-0.15, -0.1) is 5.10 Å². The van der Waals surface area contributed by atoms with Crippen LogP contribution in [-0.2, 0) is 7.05 Å². The molecule has 4 heterocycles. The first-order chi connectivity index (χ1) is 15.5. The summed E-state index contributed by atoms with van der Waals surface area (Å²) >= 11 is 6.48. The van der Waals surface area contributed by atoms with Crippen LogP contribution >= 0.6 is 11.6 Å². The van der Waals surface area contributed by atoms with E-state index in [4.69, 9.17) is 16.6 Å². The summed E-state index contributed by atoms with van der Waals surface area (Å²) in [4.78, 5) is 16.2. The average molecular weight is 455 g/mol. The molecule has 3 aromatic rings. The molecule has 32 heavy (non-hydrogen) atoms. The summed E-state index contributed by atoms with van der Waals surface area (Å²) in [6.07, 6.45) is 5.99. The van der Waals surface area contributed by atoms with Crippen molar-refractivity contribution in [2.45, 2.75) is 38.6 Å². The predicted molar refractivity (Wildman–Crippen MR) is 125 cm³/mol. The Kier molecular flexibility index (Phi) is 5.56. The predicted octanol–water partition coefficient (Wildman–Crippen LogP) is 3.12. The number of pyridine rings is 1. The van der Waals surface area contributed by atoms with Crippen molar-refractivity contribution in [3.05, 3.63) is 34.7 Å². The SMILES string of the molecule is Cc1nc(Nc2ncc(N3CCNC(C)C3)c(Nc3cn(C)nn3)n2)cc(C2CC2)c1Cl. The van der Waals surface area contributed by atoms with Gasteiger partial charge < -0.3 is 20.9 Å². The zero-order chi connectivity index (χ0) is 22.2. The number of halogens is 1. The molecular formula is C21H27ClN10. The molecule has 10 nitrogen and oxygen atoms in total. The van der Waals surface area contributed by atoms with E-state index in [0.29, 0.717) is 35.4 Å². The van der Waals surface area contributed by atoms with Crippen LogP contribution < -0.4 is 20.9 Å². The van der Waals surface area contributed by atoms with Gasteiger partial charge in [0.15, 0.2) is 11.6 Å². The van der Waals surface area contributed by atoms with E-state index in [1.807, 2.05) is 32.4 Å². The lowest BCUT2D eigenvalue weighted by atomic mass is 10.1. The van der Waals surface area contributed by atoms with Crippen molar-refractivity contribution in [2.75, 3.05) is 35.2 Å². The van der Waals surface area contributed by atoms with Crippen LogP contribution in [0.1, 0.15) is 36.9 Å². The van der Waals surface area contributed by atoms with Gasteiger partial charge in [0.1, 0.15) is 5.82 Å². The van der Waals surface area contributed by atoms with E-state index in [9.17, 15) is 0 Å². The van der Waals surface area contributed by atoms with E-state index in [1.165, 1.54) is 12.8 Å². The van der Waals surface area contributed by atoms with Crippen LogP contribution in [0.4, 0.5) is 29.1 Å². The standard InChI is InChI=1S/C21H27ClN10/c1-12-10-32(7-6-23-12)16-9-24-21(28-20(16)26-18-11-31(3)30-29-18)27-17-8-15(14-4-5-14)19(22)13(2)25-17/h8-9,11-12,14,23H,4-7,10H2,1-3H3,(H2,24,25,26,27,28). The zero-order valence-electron chi connectivity index (χ0n) is 18.4. The van der Waals surface area contributed by atoms with Crippen molar-refractivity contribution in [3.8, 4) is 0 Å². The normalized spacial score (nSPS) is 18.6. The minimum atomic E-state index is 0.382. The molecule has 0 aromatic carbocycles. The molecule has 0 radical (unpaired) electrons. The number of aromatic nitrogens is 6. The van der Waals surface area contributed by atoms with Crippen LogP contribution in [0, 0.1) is 6.92 Å². The van der Waals surface area contributed by atoms with E-state index in [1.54, 1.807) is 4.68 Å². The van der Waals surface area contributed by atoms with Crippen LogP contribution in [0.25, 0.3) is 0 Å². The lowest BCUT2D eigenvalue weighted by molar-refractivity contribution is 0.484. The highest BCUT2D eigenvalue weighted by molar-refractivity contribution is 6.32. The van der Waals surface area contributed by atoms with E-state index in [0.717, 1.165) is 41.6 Å². The van der Waals surface area contributed by atoms with Gasteiger partial charge >= 0.3 is 0 Å². The van der Waals surface area contributed by atoms with Crippen molar-refractivity contribution in [1.29, 1.82) is 0 Å². The molecular weight excluding hydrogens is 428 g/mol. The third-order valence-corrected chi connectivity index (χ3v) is 6.23. The number of rotatable bonds is 6. The van der Waals surface area contributed by atoms with Crippen LogP contribution in [0.5, 0.6) is 0 Å². The van der Waals surface area contributed by atoms with E-state index in [-0.39, 0.29) is 0 Å². The van der Waals surface area contributed by atoms with Crippen LogP contribution in [-0.4, -0.2) is 55.6 Å². The molecule has 2 fully saturated rings. The molecule has 2 aliphatic rings. The summed E-state index contributed by atoms with van der Waals surface area (Å²) in [6.45, 7) is 6.75. The van der Waals surface area contributed by atoms with Gasteiger partial charge in [0.25, 0.3) is 0 Å². The summed E-state index contributed by atoms with van der Waals surface area (Å²) in [6, 6.07) is 2.39. The number of nitrogens with one attached hydrogen (secondary N) is 3. The monoisotopic (exact) mass is 454 g/mol. The molecule has 5 rings (SSSR count). The van der Waals surface area contributed by atoms with Crippen molar-refractivity contribution in [1.82, 2.24) is 35.3 Å². The van der Waals surface area contributed by atoms with Crippen molar-refractivity contribution in [2.24, 2.45) is 7.05 Å². The Labute approximate surface area is 191 Å². The first-order valence-corrected chi connectivity index (χ1v) is 11.3. The largest absolute Gasteiger partial charge is 0.364 e. The van der Waals surface area contributed by atoms with Gasteiger partial charge in [-0.25, -0.2) is 9.97 Å². The highest BCUT2D eigenvalue weighted by Crippen LogP contribution is 2.44. The maximum Gasteiger partial charge on any atom is 0.230 e.